The number of hydrogen-bond donors (Lipinski definition) is 0. The lowest BCUT2D eigenvalue weighted by Gasteiger charge is -2.30. The highest BCUT2D eigenvalue weighted by Gasteiger charge is 2.24. The van der Waals surface area contributed by atoms with Crippen LogP contribution in [0.4, 0.5) is 0 Å². The zero-order valence-corrected chi connectivity index (χ0v) is 16.6. The Balaban J connectivity index is 3.17. The molecule has 0 aliphatic heterocycles. The monoisotopic (exact) mass is 351 g/mol. The maximum Gasteiger partial charge on any atom is 0.254 e. The van der Waals surface area contributed by atoms with Crippen LogP contribution in [0.15, 0.2) is 12.1 Å². The van der Waals surface area contributed by atoms with Gasteiger partial charge in [0.05, 0.1) is 21.3 Å². The first-order valence-corrected chi connectivity index (χ1v) is 9.14. The SMILES string of the molecule is CCCCCN(C(=O)c1cc(OC)c(OC)c(OC)c1)C(C)CCC. The van der Waals surface area contributed by atoms with Gasteiger partial charge in [-0.25, -0.2) is 0 Å². The van der Waals surface area contributed by atoms with Crippen molar-refractivity contribution in [3.8, 4) is 17.2 Å². The second kappa shape index (κ2) is 10.9. The smallest absolute Gasteiger partial charge is 0.254 e. The number of methoxy groups -OCH3 is 3. The number of benzene rings is 1. The highest BCUT2D eigenvalue weighted by atomic mass is 16.5. The van der Waals surface area contributed by atoms with Gasteiger partial charge in [-0.05, 0) is 31.9 Å². The Hall–Kier alpha value is -1.91. The van der Waals surface area contributed by atoms with Crippen molar-refractivity contribution < 1.29 is 19.0 Å². The molecule has 0 fully saturated rings. The molecule has 0 spiro atoms. The Morgan fingerprint density at radius 1 is 1.00 bits per heavy atom. The zero-order valence-electron chi connectivity index (χ0n) is 16.6. The van der Waals surface area contributed by atoms with Crippen molar-refractivity contribution in [2.45, 2.75) is 58.9 Å². The van der Waals surface area contributed by atoms with Crippen LogP contribution in [0.3, 0.4) is 0 Å². The number of carbonyl (C=O) groups is 1. The van der Waals surface area contributed by atoms with Gasteiger partial charge in [-0.3, -0.25) is 4.79 Å². The number of hydrogen-bond acceptors (Lipinski definition) is 4. The molecule has 0 aliphatic carbocycles. The van der Waals surface area contributed by atoms with Gasteiger partial charge in [0.1, 0.15) is 0 Å². The summed E-state index contributed by atoms with van der Waals surface area (Å²) in [7, 11) is 4.68. The van der Waals surface area contributed by atoms with Crippen LogP contribution in [-0.4, -0.2) is 44.7 Å². The normalized spacial score (nSPS) is 11.8. The highest BCUT2D eigenvalue weighted by molar-refractivity contribution is 5.95. The second-order valence-corrected chi connectivity index (χ2v) is 6.26. The molecule has 1 unspecified atom stereocenters. The molecule has 0 N–H and O–H groups in total. The Morgan fingerprint density at radius 3 is 2.04 bits per heavy atom. The second-order valence-electron chi connectivity index (χ2n) is 6.26. The number of unbranched alkanes of at least 4 members (excludes halogenated alkanes) is 2. The van der Waals surface area contributed by atoms with Crippen molar-refractivity contribution in [3.63, 3.8) is 0 Å². The first-order chi connectivity index (χ1) is 12.0. The van der Waals surface area contributed by atoms with E-state index in [0.717, 1.165) is 38.6 Å². The first-order valence-electron chi connectivity index (χ1n) is 9.14. The summed E-state index contributed by atoms with van der Waals surface area (Å²) in [6.07, 6.45) is 5.31. The van der Waals surface area contributed by atoms with Crippen LogP contribution in [0.1, 0.15) is 63.2 Å². The lowest BCUT2D eigenvalue weighted by molar-refractivity contribution is 0.0678. The molecule has 1 rings (SSSR count). The lowest BCUT2D eigenvalue weighted by Crippen LogP contribution is -2.39. The van der Waals surface area contributed by atoms with E-state index in [9.17, 15) is 4.79 Å². The summed E-state index contributed by atoms with van der Waals surface area (Å²) in [5.41, 5.74) is 0.564. The summed E-state index contributed by atoms with van der Waals surface area (Å²) in [6, 6.07) is 3.66. The van der Waals surface area contributed by atoms with Crippen molar-refractivity contribution in [2.24, 2.45) is 0 Å². The fraction of sp³-hybridized carbons (Fsp3) is 0.650. The van der Waals surface area contributed by atoms with Gasteiger partial charge in [0.15, 0.2) is 11.5 Å². The fourth-order valence-corrected chi connectivity index (χ4v) is 3.00. The summed E-state index contributed by atoms with van der Waals surface area (Å²) in [6.45, 7) is 7.20. The number of amides is 1. The van der Waals surface area contributed by atoms with Crippen LogP contribution in [0.2, 0.25) is 0 Å². The van der Waals surface area contributed by atoms with Crippen LogP contribution in [-0.2, 0) is 0 Å². The molecule has 142 valence electrons. The molecule has 0 aliphatic rings. The zero-order chi connectivity index (χ0) is 18.8. The molecule has 25 heavy (non-hydrogen) atoms. The number of carbonyl (C=O) groups excluding carboxylic acids is 1. The Bertz CT molecular complexity index is 519. The number of ether oxygens (including phenoxy) is 3. The topological polar surface area (TPSA) is 48.0 Å². The summed E-state index contributed by atoms with van der Waals surface area (Å²) >= 11 is 0. The van der Waals surface area contributed by atoms with Gasteiger partial charge in [0.2, 0.25) is 5.75 Å². The highest BCUT2D eigenvalue weighted by Crippen LogP contribution is 2.38. The maximum absolute atomic E-state index is 13.2. The number of nitrogens with zero attached hydrogens (tertiary/aromatic N) is 1. The third-order valence-corrected chi connectivity index (χ3v) is 4.41. The Morgan fingerprint density at radius 2 is 1.60 bits per heavy atom. The van der Waals surface area contributed by atoms with E-state index in [1.165, 1.54) is 0 Å². The largest absolute Gasteiger partial charge is 0.493 e. The minimum atomic E-state index is 0.0105. The van der Waals surface area contributed by atoms with Crippen LogP contribution < -0.4 is 14.2 Å². The van der Waals surface area contributed by atoms with Gasteiger partial charge in [-0.2, -0.15) is 0 Å². The molecule has 0 radical (unpaired) electrons. The van der Waals surface area contributed by atoms with Crippen molar-refractivity contribution in [1.29, 1.82) is 0 Å². The van der Waals surface area contributed by atoms with Crippen molar-refractivity contribution in [1.82, 2.24) is 4.90 Å². The van der Waals surface area contributed by atoms with E-state index in [4.69, 9.17) is 14.2 Å². The molecule has 1 aromatic rings. The standard InChI is InChI=1S/C20H33NO4/c1-7-9-10-12-21(15(3)11-8-2)20(22)16-13-17(23-4)19(25-6)18(14-16)24-5/h13-15H,7-12H2,1-6H3. The first kappa shape index (κ1) is 21.1. The van der Waals surface area contributed by atoms with Gasteiger partial charge in [0, 0.05) is 18.2 Å². The van der Waals surface area contributed by atoms with Gasteiger partial charge in [0.25, 0.3) is 5.91 Å². The molecule has 0 saturated heterocycles. The molecule has 0 bridgehead atoms. The lowest BCUT2D eigenvalue weighted by atomic mass is 10.1. The summed E-state index contributed by atoms with van der Waals surface area (Å²) in [5, 5.41) is 0. The predicted octanol–water partition coefficient (Wildman–Crippen LogP) is 4.53. The summed E-state index contributed by atoms with van der Waals surface area (Å²) in [4.78, 5) is 15.1. The van der Waals surface area contributed by atoms with E-state index in [1.807, 2.05) is 4.90 Å². The van der Waals surface area contributed by atoms with E-state index in [0.29, 0.717) is 22.8 Å². The molecule has 5 nitrogen and oxygen atoms in total. The molecule has 0 aromatic heterocycles. The van der Waals surface area contributed by atoms with Gasteiger partial charge >= 0.3 is 0 Å². The fourth-order valence-electron chi connectivity index (χ4n) is 3.00. The Labute approximate surface area is 152 Å². The van der Waals surface area contributed by atoms with Gasteiger partial charge < -0.3 is 19.1 Å². The number of rotatable bonds is 11. The average Bonchev–Trinajstić information content (AvgIpc) is 2.63. The van der Waals surface area contributed by atoms with Crippen LogP contribution in [0.25, 0.3) is 0 Å². The molecule has 0 saturated carbocycles. The molecule has 1 atom stereocenters. The van der Waals surface area contributed by atoms with Crippen molar-refractivity contribution >= 4 is 5.91 Å². The van der Waals surface area contributed by atoms with E-state index >= 15 is 0 Å². The summed E-state index contributed by atoms with van der Waals surface area (Å²) < 4.78 is 16.1. The molecular weight excluding hydrogens is 318 g/mol. The minimum Gasteiger partial charge on any atom is -0.493 e. The van der Waals surface area contributed by atoms with Gasteiger partial charge in [-0.1, -0.05) is 33.1 Å². The maximum atomic E-state index is 13.2. The third-order valence-electron chi connectivity index (χ3n) is 4.41. The van der Waals surface area contributed by atoms with E-state index < -0.39 is 0 Å². The summed E-state index contributed by atoms with van der Waals surface area (Å²) in [5.74, 6) is 1.51. The van der Waals surface area contributed by atoms with E-state index in [1.54, 1.807) is 33.5 Å². The van der Waals surface area contributed by atoms with E-state index in [2.05, 4.69) is 20.8 Å². The van der Waals surface area contributed by atoms with Crippen LogP contribution in [0.5, 0.6) is 17.2 Å². The van der Waals surface area contributed by atoms with Crippen molar-refractivity contribution in [2.75, 3.05) is 27.9 Å². The molecular formula is C20H33NO4. The minimum absolute atomic E-state index is 0.0105. The molecule has 5 heteroatoms. The average molecular weight is 351 g/mol. The molecule has 0 heterocycles. The third kappa shape index (κ3) is 5.55. The van der Waals surface area contributed by atoms with Gasteiger partial charge in [-0.15, -0.1) is 0 Å². The van der Waals surface area contributed by atoms with Crippen molar-refractivity contribution in [3.05, 3.63) is 17.7 Å². The van der Waals surface area contributed by atoms with E-state index in [-0.39, 0.29) is 11.9 Å². The van der Waals surface area contributed by atoms with Crippen LogP contribution in [0, 0.1) is 0 Å². The molecule has 1 aromatic carbocycles. The van der Waals surface area contributed by atoms with Crippen LogP contribution >= 0.6 is 0 Å². The molecule has 1 amide bonds. The predicted molar refractivity (Wildman–Crippen MR) is 101 cm³/mol. The Kier molecular flexibility index (Phi) is 9.17. The quantitative estimate of drug-likeness (QED) is 0.549.